The predicted octanol–water partition coefficient (Wildman–Crippen LogP) is 15.1. The molecule has 0 spiro atoms. The monoisotopic (exact) mass is 823 g/mol. The minimum atomic E-state index is -0.443. The van der Waals surface area contributed by atoms with Gasteiger partial charge < -0.3 is 18.9 Å². The number of hydrazine groups is 1. The number of esters is 1. The largest absolute Gasteiger partial charge is 0.489 e. The van der Waals surface area contributed by atoms with Crippen molar-refractivity contribution in [2.75, 3.05) is 32.4 Å². The van der Waals surface area contributed by atoms with Crippen molar-refractivity contribution < 1.29 is 28.5 Å². The van der Waals surface area contributed by atoms with Gasteiger partial charge in [-0.05, 0) is 43.5 Å². The maximum atomic E-state index is 13.1. The third-order valence-electron chi connectivity index (χ3n) is 11.2. The van der Waals surface area contributed by atoms with Gasteiger partial charge in [0.25, 0.3) is 5.91 Å². The molecule has 0 aliphatic heterocycles. The van der Waals surface area contributed by atoms with E-state index in [1.165, 1.54) is 161 Å². The number of unbranched alkanes of at least 4 members (excludes halogenated alkanes) is 27. The molecule has 0 heterocycles. The van der Waals surface area contributed by atoms with E-state index >= 15 is 0 Å². The molecule has 0 saturated heterocycles. The third-order valence-corrected chi connectivity index (χ3v) is 11.2. The van der Waals surface area contributed by atoms with Crippen LogP contribution in [0.4, 0.5) is 5.69 Å². The Balaban J connectivity index is 2.09. The SMILES string of the molecule is CCCCCCCCCCCCOc1cc(NNC(=O)c2ccc(C(=O)OC)cc2)cc(OCCCCCCCCCCCC)c1OCCCCCCCCCCCC. The van der Waals surface area contributed by atoms with E-state index < -0.39 is 5.97 Å². The molecular weight excluding hydrogens is 737 g/mol. The summed E-state index contributed by atoms with van der Waals surface area (Å²) in [6.45, 7) is 8.59. The molecule has 1 amide bonds. The van der Waals surface area contributed by atoms with Crippen LogP contribution in [-0.4, -0.2) is 38.8 Å². The van der Waals surface area contributed by atoms with Crippen LogP contribution in [0.3, 0.4) is 0 Å². The molecule has 2 aromatic carbocycles. The van der Waals surface area contributed by atoms with E-state index in [9.17, 15) is 9.59 Å². The zero-order valence-electron chi connectivity index (χ0n) is 38.2. The summed E-state index contributed by atoms with van der Waals surface area (Å²) in [5.41, 5.74) is 7.35. The Bertz CT molecular complexity index is 1270. The molecule has 0 atom stereocenters. The van der Waals surface area contributed by atoms with Crippen LogP contribution in [0, 0.1) is 0 Å². The average Bonchev–Trinajstić information content (AvgIpc) is 3.26. The number of rotatable bonds is 40. The number of benzene rings is 2. The van der Waals surface area contributed by atoms with Crippen molar-refractivity contribution in [2.24, 2.45) is 0 Å². The van der Waals surface area contributed by atoms with Gasteiger partial charge in [0.2, 0.25) is 5.75 Å². The summed E-state index contributed by atoms with van der Waals surface area (Å²) < 4.78 is 24.3. The molecule has 2 N–H and O–H groups in total. The second-order valence-corrected chi connectivity index (χ2v) is 16.5. The van der Waals surface area contributed by atoms with Gasteiger partial charge in [-0.25, -0.2) is 4.79 Å². The lowest BCUT2D eigenvalue weighted by Crippen LogP contribution is -2.29. The molecule has 2 rings (SSSR count). The number of anilines is 1. The number of hydrogen-bond acceptors (Lipinski definition) is 7. The zero-order valence-corrected chi connectivity index (χ0v) is 38.2. The van der Waals surface area contributed by atoms with Crippen molar-refractivity contribution in [3.8, 4) is 17.2 Å². The predicted molar refractivity (Wildman–Crippen MR) is 247 cm³/mol. The highest BCUT2D eigenvalue weighted by Crippen LogP contribution is 2.41. The molecule has 8 heteroatoms. The number of methoxy groups -OCH3 is 1. The molecule has 336 valence electrons. The maximum Gasteiger partial charge on any atom is 0.337 e. The summed E-state index contributed by atoms with van der Waals surface area (Å²) in [6, 6.07) is 10.2. The Hall–Kier alpha value is -3.42. The fourth-order valence-electron chi connectivity index (χ4n) is 7.39. The van der Waals surface area contributed by atoms with E-state index in [4.69, 9.17) is 18.9 Å². The number of hydrogen-bond donors (Lipinski definition) is 2. The number of ether oxygens (including phenoxy) is 4. The van der Waals surface area contributed by atoms with Crippen molar-refractivity contribution >= 4 is 17.6 Å². The number of carbonyl (C=O) groups is 2. The summed E-state index contributed by atoms with van der Waals surface area (Å²) in [7, 11) is 1.34. The normalized spacial score (nSPS) is 11.1. The molecule has 0 fully saturated rings. The third kappa shape index (κ3) is 25.7. The molecule has 0 bridgehead atoms. The highest BCUT2D eigenvalue weighted by molar-refractivity contribution is 5.96. The van der Waals surface area contributed by atoms with Gasteiger partial charge >= 0.3 is 5.97 Å². The summed E-state index contributed by atoms with van der Waals surface area (Å²) in [4.78, 5) is 25.0. The van der Waals surface area contributed by atoms with Gasteiger partial charge in [0, 0.05) is 17.7 Å². The van der Waals surface area contributed by atoms with Gasteiger partial charge in [-0.15, -0.1) is 0 Å². The van der Waals surface area contributed by atoms with Gasteiger partial charge in [-0.2, -0.15) is 0 Å². The summed E-state index contributed by atoms with van der Waals surface area (Å²) in [6.07, 6.45) is 37.9. The van der Waals surface area contributed by atoms with Crippen LogP contribution in [0.2, 0.25) is 0 Å². The minimum Gasteiger partial charge on any atom is -0.489 e. The Morgan fingerprint density at radius 3 is 1.12 bits per heavy atom. The van der Waals surface area contributed by atoms with E-state index in [-0.39, 0.29) is 5.91 Å². The molecule has 0 aliphatic carbocycles. The first-order chi connectivity index (χ1) is 29.0. The maximum absolute atomic E-state index is 13.1. The lowest BCUT2D eigenvalue weighted by molar-refractivity contribution is 0.0600. The Labute approximate surface area is 361 Å². The molecule has 2 aromatic rings. The van der Waals surface area contributed by atoms with Gasteiger partial charge in [0.05, 0.1) is 38.2 Å². The standard InChI is InChI=1S/C51H86N2O6/c1-5-8-11-14-17-20-23-26-29-32-39-57-47-42-46(52-53-50(54)44-35-37-45(38-36-44)51(55)56-4)43-48(58-40-33-30-27-24-21-18-15-12-9-6-2)49(47)59-41-34-31-28-25-22-19-16-13-10-7-3/h35-38,42-43,52H,5-34,39-41H2,1-4H3,(H,53,54). The van der Waals surface area contributed by atoms with Crippen LogP contribution >= 0.6 is 0 Å². The first-order valence-corrected chi connectivity index (χ1v) is 24.3. The Morgan fingerprint density at radius 2 is 0.763 bits per heavy atom. The van der Waals surface area contributed by atoms with E-state index in [1.54, 1.807) is 24.3 Å². The van der Waals surface area contributed by atoms with Gasteiger partial charge in [0.15, 0.2) is 11.5 Å². The second kappa shape index (κ2) is 36.4. The van der Waals surface area contributed by atoms with Crippen molar-refractivity contribution in [1.82, 2.24) is 5.43 Å². The van der Waals surface area contributed by atoms with Crippen LogP contribution in [0.15, 0.2) is 36.4 Å². The summed E-state index contributed by atoms with van der Waals surface area (Å²) >= 11 is 0. The highest BCUT2D eigenvalue weighted by atomic mass is 16.5. The van der Waals surface area contributed by atoms with Crippen LogP contribution < -0.4 is 25.1 Å². The Morgan fingerprint density at radius 1 is 0.441 bits per heavy atom. The number of nitrogens with one attached hydrogen (secondary N) is 2. The average molecular weight is 823 g/mol. The molecule has 0 saturated carbocycles. The lowest BCUT2D eigenvalue weighted by Gasteiger charge is -2.20. The van der Waals surface area contributed by atoms with E-state index in [0.717, 1.165) is 38.5 Å². The van der Waals surface area contributed by atoms with Crippen LogP contribution in [0.5, 0.6) is 17.2 Å². The molecule has 59 heavy (non-hydrogen) atoms. The zero-order chi connectivity index (χ0) is 42.4. The highest BCUT2D eigenvalue weighted by Gasteiger charge is 2.17. The lowest BCUT2D eigenvalue weighted by atomic mass is 10.1. The van der Waals surface area contributed by atoms with Crippen LogP contribution in [-0.2, 0) is 4.74 Å². The van der Waals surface area contributed by atoms with Gasteiger partial charge in [-0.3, -0.25) is 15.6 Å². The fourth-order valence-corrected chi connectivity index (χ4v) is 7.39. The molecule has 0 unspecified atom stereocenters. The van der Waals surface area contributed by atoms with E-state index in [2.05, 4.69) is 31.6 Å². The first kappa shape index (κ1) is 51.7. The molecule has 0 aliphatic rings. The summed E-state index contributed by atoms with van der Waals surface area (Å²) in [5, 5.41) is 0. The van der Waals surface area contributed by atoms with Crippen LogP contribution in [0.25, 0.3) is 0 Å². The van der Waals surface area contributed by atoms with Crippen molar-refractivity contribution in [2.45, 2.75) is 213 Å². The second-order valence-electron chi connectivity index (χ2n) is 16.5. The summed E-state index contributed by atoms with van der Waals surface area (Å²) in [5.74, 6) is 1.14. The number of carbonyl (C=O) groups excluding carboxylic acids is 2. The van der Waals surface area contributed by atoms with Crippen molar-refractivity contribution in [3.63, 3.8) is 0 Å². The molecule has 8 nitrogen and oxygen atoms in total. The van der Waals surface area contributed by atoms with Gasteiger partial charge in [-0.1, -0.05) is 194 Å². The Kier molecular flexibility index (Phi) is 31.9. The fraction of sp³-hybridized carbons (Fsp3) is 0.725. The number of amides is 1. The quantitative estimate of drug-likeness (QED) is 0.0393. The van der Waals surface area contributed by atoms with Gasteiger partial charge in [0.1, 0.15) is 0 Å². The van der Waals surface area contributed by atoms with E-state index in [0.29, 0.717) is 53.9 Å². The van der Waals surface area contributed by atoms with Crippen LogP contribution in [0.1, 0.15) is 234 Å². The van der Waals surface area contributed by atoms with Crippen molar-refractivity contribution in [1.29, 1.82) is 0 Å². The molecular formula is C51H86N2O6. The molecule has 0 aromatic heterocycles. The minimum absolute atomic E-state index is 0.330. The molecule has 0 radical (unpaired) electrons. The van der Waals surface area contributed by atoms with Crippen molar-refractivity contribution in [3.05, 3.63) is 47.5 Å². The topological polar surface area (TPSA) is 95.1 Å². The van der Waals surface area contributed by atoms with E-state index in [1.807, 2.05) is 12.1 Å². The first-order valence-electron chi connectivity index (χ1n) is 24.3. The smallest absolute Gasteiger partial charge is 0.337 e.